The maximum Gasteiger partial charge on any atom is 0.234 e. The number of anilines is 1. The molecule has 0 aliphatic heterocycles. The van der Waals surface area contributed by atoms with Crippen LogP contribution < -0.4 is 10.1 Å². The van der Waals surface area contributed by atoms with Crippen LogP contribution in [0.5, 0.6) is 5.75 Å². The summed E-state index contributed by atoms with van der Waals surface area (Å²) in [5.74, 6) is 1.66. The number of carbonyl (C=O) groups excluding carboxylic acids is 1. The molecule has 0 saturated carbocycles. The Balaban J connectivity index is 1.61. The smallest absolute Gasteiger partial charge is 0.234 e. The quantitative estimate of drug-likeness (QED) is 0.289. The summed E-state index contributed by atoms with van der Waals surface area (Å²) < 4.78 is 7.29. The molecule has 1 aromatic heterocycles. The van der Waals surface area contributed by atoms with Gasteiger partial charge in [0.2, 0.25) is 5.91 Å². The second-order valence-electron chi connectivity index (χ2n) is 8.20. The van der Waals surface area contributed by atoms with Crippen molar-refractivity contribution >= 4 is 23.4 Å². The summed E-state index contributed by atoms with van der Waals surface area (Å²) in [5.41, 5.74) is 6.25. The molecule has 180 valence electrons. The van der Waals surface area contributed by atoms with E-state index in [-0.39, 0.29) is 11.7 Å². The van der Waals surface area contributed by atoms with E-state index >= 15 is 0 Å². The highest BCUT2D eigenvalue weighted by Crippen LogP contribution is 2.30. The monoisotopic (exact) mass is 486 g/mol. The zero-order chi connectivity index (χ0) is 24.8. The van der Waals surface area contributed by atoms with E-state index in [4.69, 9.17) is 4.74 Å². The Bertz CT molecular complexity index is 1280. The normalized spacial score (nSPS) is 10.9. The number of para-hydroxylation sites is 1. The number of aryl methyl sites for hydroxylation is 3. The zero-order valence-corrected chi connectivity index (χ0v) is 21.4. The lowest BCUT2D eigenvalue weighted by molar-refractivity contribution is -0.113. The predicted octanol–water partition coefficient (Wildman–Crippen LogP) is 6.11. The highest BCUT2D eigenvalue weighted by atomic mass is 32.2. The summed E-state index contributed by atoms with van der Waals surface area (Å²) in [6, 6.07) is 22.1. The minimum atomic E-state index is -0.0601. The van der Waals surface area contributed by atoms with Gasteiger partial charge in [0.05, 0.1) is 12.9 Å². The van der Waals surface area contributed by atoms with Crippen molar-refractivity contribution in [1.29, 1.82) is 0 Å². The fourth-order valence-electron chi connectivity index (χ4n) is 3.93. The lowest BCUT2D eigenvalue weighted by atomic mass is 10.0. The van der Waals surface area contributed by atoms with Crippen molar-refractivity contribution in [3.8, 4) is 22.8 Å². The number of thioether (sulfide) groups is 1. The van der Waals surface area contributed by atoms with Crippen LogP contribution in [0.25, 0.3) is 17.1 Å². The number of carbonyl (C=O) groups is 1. The number of nitrogens with one attached hydrogen (secondary N) is 1. The maximum absolute atomic E-state index is 13.0. The van der Waals surface area contributed by atoms with Crippen LogP contribution in [0.15, 0.2) is 71.9 Å². The van der Waals surface area contributed by atoms with Gasteiger partial charge in [-0.15, -0.1) is 10.2 Å². The summed E-state index contributed by atoms with van der Waals surface area (Å²) in [6.45, 7) is 6.26. The van der Waals surface area contributed by atoms with Crippen molar-refractivity contribution in [2.45, 2.75) is 38.8 Å². The molecule has 0 unspecified atom stereocenters. The molecule has 0 fully saturated rings. The van der Waals surface area contributed by atoms with Gasteiger partial charge < -0.3 is 10.1 Å². The zero-order valence-electron chi connectivity index (χ0n) is 20.5. The fourth-order valence-corrected chi connectivity index (χ4v) is 4.68. The van der Waals surface area contributed by atoms with Crippen LogP contribution in [0.4, 0.5) is 5.69 Å². The molecule has 7 heteroatoms. The molecule has 0 radical (unpaired) electrons. The molecule has 0 aliphatic rings. The SMILES string of the molecule is CCc1cccc(CC)c1NC(=O)CSc1nnc(-c2ccc(OC)cc2)n1-c1ccc(C)cc1. The molecule has 0 aliphatic carbocycles. The fraction of sp³-hybridized carbons (Fsp3) is 0.250. The van der Waals surface area contributed by atoms with E-state index in [1.54, 1.807) is 7.11 Å². The molecule has 1 N–H and O–H groups in total. The molecule has 0 spiro atoms. The van der Waals surface area contributed by atoms with E-state index in [0.717, 1.165) is 46.7 Å². The first-order chi connectivity index (χ1) is 17.0. The van der Waals surface area contributed by atoms with Crippen molar-refractivity contribution in [1.82, 2.24) is 14.8 Å². The minimum Gasteiger partial charge on any atom is -0.497 e. The first-order valence-corrected chi connectivity index (χ1v) is 12.7. The van der Waals surface area contributed by atoms with E-state index in [0.29, 0.717) is 11.0 Å². The molecule has 4 aromatic rings. The Kier molecular flexibility index (Phi) is 7.87. The Labute approximate surface area is 210 Å². The van der Waals surface area contributed by atoms with Crippen LogP contribution in [0.2, 0.25) is 0 Å². The molecule has 1 amide bonds. The number of methoxy groups -OCH3 is 1. The van der Waals surface area contributed by atoms with E-state index in [9.17, 15) is 4.79 Å². The molecule has 6 nitrogen and oxygen atoms in total. The standard InChI is InChI=1S/C28H30N4O2S/c1-5-20-8-7-9-21(6-2)26(20)29-25(33)18-35-28-31-30-27(22-12-16-24(34-4)17-13-22)32(28)23-14-10-19(3)11-15-23/h7-17H,5-6,18H2,1-4H3,(H,29,33). The number of hydrogen-bond donors (Lipinski definition) is 1. The average Bonchev–Trinajstić information content (AvgIpc) is 3.32. The van der Waals surface area contributed by atoms with Gasteiger partial charge in [-0.25, -0.2) is 0 Å². The van der Waals surface area contributed by atoms with Gasteiger partial charge in [0.1, 0.15) is 5.75 Å². The van der Waals surface area contributed by atoms with Crippen LogP contribution in [0.1, 0.15) is 30.5 Å². The molecule has 3 aromatic carbocycles. The second-order valence-corrected chi connectivity index (χ2v) is 9.14. The Morgan fingerprint density at radius 3 is 2.20 bits per heavy atom. The Morgan fingerprint density at radius 1 is 0.943 bits per heavy atom. The van der Waals surface area contributed by atoms with Gasteiger partial charge in [0.15, 0.2) is 11.0 Å². The third-order valence-corrected chi connectivity index (χ3v) is 6.80. The van der Waals surface area contributed by atoms with Gasteiger partial charge in [-0.05, 0) is 67.3 Å². The molecule has 35 heavy (non-hydrogen) atoms. The third-order valence-electron chi connectivity index (χ3n) is 5.87. The summed E-state index contributed by atoms with van der Waals surface area (Å²) in [7, 11) is 1.64. The highest BCUT2D eigenvalue weighted by molar-refractivity contribution is 7.99. The Morgan fingerprint density at radius 2 is 1.60 bits per heavy atom. The van der Waals surface area contributed by atoms with Crippen molar-refractivity contribution in [3.63, 3.8) is 0 Å². The van der Waals surface area contributed by atoms with Gasteiger partial charge in [-0.3, -0.25) is 9.36 Å². The van der Waals surface area contributed by atoms with Crippen molar-refractivity contribution < 1.29 is 9.53 Å². The number of amides is 1. The predicted molar refractivity (Wildman–Crippen MR) is 143 cm³/mol. The van der Waals surface area contributed by atoms with E-state index in [2.05, 4.69) is 60.6 Å². The molecule has 1 heterocycles. The minimum absolute atomic E-state index is 0.0601. The maximum atomic E-state index is 13.0. The number of ether oxygens (including phenoxy) is 1. The molecule has 0 atom stereocenters. The largest absolute Gasteiger partial charge is 0.497 e. The van der Waals surface area contributed by atoms with Crippen LogP contribution in [0.3, 0.4) is 0 Å². The van der Waals surface area contributed by atoms with Gasteiger partial charge in [0, 0.05) is 16.9 Å². The lowest BCUT2D eigenvalue weighted by Crippen LogP contribution is -2.17. The molecule has 0 bridgehead atoms. The van der Waals surface area contributed by atoms with Gasteiger partial charge in [-0.2, -0.15) is 0 Å². The highest BCUT2D eigenvalue weighted by Gasteiger charge is 2.18. The van der Waals surface area contributed by atoms with Gasteiger partial charge >= 0.3 is 0 Å². The third kappa shape index (κ3) is 5.57. The van der Waals surface area contributed by atoms with Crippen molar-refractivity contribution in [3.05, 3.63) is 83.4 Å². The number of benzene rings is 3. The summed E-state index contributed by atoms with van der Waals surface area (Å²) >= 11 is 1.38. The molecular formula is C28H30N4O2S. The van der Waals surface area contributed by atoms with Crippen molar-refractivity contribution in [2.75, 3.05) is 18.2 Å². The number of hydrogen-bond acceptors (Lipinski definition) is 5. The van der Waals surface area contributed by atoms with E-state index in [1.807, 2.05) is 47.0 Å². The van der Waals surface area contributed by atoms with Crippen LogP contribution in [0, 0.1) is 6.92 Å². The number of nitrogens with zero attached hydrogens (tertiary/aromatic N) is 3. The van der Waals surface area contributed by atoms with Crippen LogP contribution in [-0.2, 0) is 17.6 Å². The number of aromatic nitrogens is 3. The first kappa shape index (κ1) is 24.5. The second kappa shape index (κ2) is 11.2. The average molecular weight is 487 g/mol. The van der Waals surface area contributed by atoms with Crippen LogP contribution in [-0.4, -0.2) is 33.5 Å². The van der Waals surface area contributed by atoms with E-state index in [1.165, 1.54) is 17.3 Å². The van der Waals surface area contributed by atoms with Crippen molar-refractivity contribution in [2.24, 2.45) is 0 Å². The molecule has 4 rings (SSSR count). The summed E-state index contributed by atoms with van der Waals surface area (Å²) in [5, 5.41) is 12.7. The van der Waals surface area contributed by atoms with E-state index < -0.39 is 0 Å². The topological polar surface area (TPSA) is 69.0 Å². The van der Waals surface area contributed by atoms with Gasteiger partial charge in [0.25, 0.3) is 0 Å². The first-order valence-electron chi connectivity index (χ1n) is 11.7. The lowest BCUT2D eigenvalue weighted by Gasteiger charge is -2.14. The summed E-state index contributed by atoms with van der Waals surface area (Å²) in [6.07, 6.45) is 1.73. The molecular weight excluding hydrogens is 456 g/mol. The van der Waals surface area contributed by atoms with Crippen LogP contribution >= 0.6 is 11.8 Å². The van der Waals surface area contributed by atoms with Gasteiger partial charge in [-0.1, -0.05) is 61.5 Å². The molecule has 0 saturated heterocycles. The number of rotatable bonds is 9. The Hall–Kier alpha value is -3.58. The summed E-state index contributed by atoms with van der Waals surface area (Å²) in [4.78, 5) is 13.0.